The molecule has 2 aliphatic rings. The number of amides is 2. The number of aryl methyl sites for hydroxylation is 1. The maximum absolute atomic E-state index is 12.4. The SMILES string of the molecule is CN1C(=O)c2cc(N=O)cc3c2C(C)(CCC3)C1=O. The van der Waals surface area contributed by atoms with Gasteiger partial charge in [0.15, 0.2) is 0 Å². The molecule has 1 atom stereocenters. The van der Waals surface area contributed by atoms with Crippen molar-refractivity contribution in [3.8, 4) is 0 Å². The molecule has 5 nitrogen and oxygen atoms in total. The minimum Gasteiger partial charge on any atom is -0.281 e. The van der Waals surface area contributed by atoms with Crippen LogP contribution in [0, 0.1) is 4.91 Å². The van der Waals surface area contributed by atoms with Crippen LogP contribution in [0.3, 0.4) is 0 Å². The Hall–Kier alpha value is -2.04. The van der Waals surface area contributed by atoms with Crippen molar-refractivity contribution in [1.29, 1.82) is 0 Å². The van der Waals surface area contributed by atoms with Gasteiger partial charge >= 0.3 is 0 Å². The number of nitrogens with zero attached hydrogens (tertiary/aromatic N) is 2. The van der Waals surface area contributed by atoms with Crippen LogP contribution in [0.5, 0.6) is 0 Å². The molecule has 0 spiro atoms. The van der Waals surface area contributed by atoms with Crippen LogP contribution in [-0.2, 0) is 16.6 Å². The number of hydrogen-bond acceptors (Lipinski definition) is 4. The molecule has 1 unspecified atom stereocenters. The standard InChI is InChI=1S/C14H14N2O3/c1-14-5-3-4-8-6-9(15-19)7-10(11(8)14)12(17)16(2)13(14)18/h6-7H,3-5H2,1-2H3. The summed E-state index contributed by atoms with van der Waals surface area (Å²) in [5.74, 6) is -0.496. The summed E-state index contributed by atoms with van der Waals surface area (Å²) in [6.45, 7) is 1.88. The second kappa shape index (κ2) is 3.73. The number of likely N-dealkylation sites (N-methyl/N-ethyl adjacent to an activating group) is 1. The number of rotatable bonds is 1. The lowest BCUT2D eigenvalue weighted by Crippen LogP contribution is -2.52. The van der Waals surface area contributed by atoms with Crippen molar-refractivity contribution in [2.75, 3.05) is 7.05 Å². The molecule has 0 bridgehead atoms. The molecular weight excluding hydrogens is 244 g/mol. The third-order valence-corrected chi connectivity index (χ3v) is 4.30. The van der Waals surface area contributed by atoms with Gasteiger partial charge in [0.05, 0.1) is 5.41 Å². The predicted octanol–water partition coefficient (Wildman–Crippen LogP) is 2.29. The van der Waals surface area contributed by atoms with E-state index < -0.39 is 5.41 Å². The van der Waals surface area contributed by atoms with Crippen molar-refractivity contribution in [2.45, 2.75) is 31.6 Å². The maximum Gasteiger partial charge on any atom is 0.260 e. The van der Waals surface area contributed by atoms with Crippen LogP contribution < -0.4 is 0 Å². The minimum absolute atomic E-state index is 0.155. The Bertz CT molecular complexity index is 623. The summed E-state index contributed by atoms with van der Waals surface area (Å²) in [7, 11) is 1.49. The monoisotopic (exact) mass is 258 g/mol. The van der Waals surface area contributed by atoms with Gasteiger partial charge in [-0.25, -0.2) is 0 Å². The van der Waals surface area contributed by atoms with E-state index in [9.17, 15) is 14.5 Å². The van der Waals surface area contributed by atoms with E-state index in [2.05, 4.69) is 5.18 Å². The summed E-state index contributed by atoms with van der Waals surface area (Å²) in [5, 5.41) is 2.93. The number of nitroso groups, excluding NO2 is 1. The topological polar surface area (TPSA) is 66.8 Å². The van der Waals surface area contributed by atoms with Gasteiger partial charge in [0.1, 0.15) is 5.69 Å². The number of carbonyl (C=O) groups is 2. The van der Waals surface area contributed by atoms with Crippen LogP contribution in [-0.4, -0.2) is 23.8 Å². The zero-order valence-electron chi connectivity index (χ0n) is 10.9. The molecule has 3 rings (SSSR count). The summed E-state index contributed by atoms with van der Waals surface area (Å²) in [4.78, 5) is 36.6. The first-order chi connectivity index (χ1) is 8.99. The van der Waals surface area contributed by atoms with Gasteiger partial charge in [-0.1, -0.05) is 0 Å². The number of imide groups is 1. The smallest absolute Gasteiger partial charge is 0.260 e. The van der Waals surface area contributed by atoms with Gasteiger partial charge in [0.25, 0.3) is 5.91 Å². The Labute approximate surface area is 110 Å². The molecule has 1 heterocycles. The Balaban J connectivity index is 2.37. The van der Waals surface area contributed by atoms with Crippen LogP contribution in [0.4, 0.5) is 5.69 Å². The third-order valence-electron chi connectivity index (χ3n) is 4.30. The number of carbonyl (C=O) groups excluding carboxylic acids is 2. The molecule has 98 valence electrons. The fourth-order valence-electron chi connectivity index (χ4n) is 3.37. The van der Waals surface area contributed by atoms with E-state index in [4.69, 9.17) is 0 Å². The first-order valence-corrected chi connectivity index (χ1v) is 6.32. The Morgan fingerprint density at radius 1 is 1.32 bits per heavy atom. The predicted molar refractivity (Wildman–Crippen MR) is 69.3 cm³/mol. The van der Waals surface area contributed by atoms with Crippen LogP contribution in [0.1, 0.15) is 41.3 Å². The molecule has 0 radical (unpaired) electrons. The fourth-order valence-corrected chi connectivity index (χ4v) is 3.37. The van der Waals surface area contributed by atoms with Crippen molar-refractivity contribution >= 4 is 17.5 Å². The highest BCUT2D eigenvalue weighted by atomic mass is 16.3. The Morgan fingerprint density at radius 3 is 2.74 bits per heavy atom. The molecule has 0 fully saturated rings. The largest absolute Gasteiger partial charge is 0.281 e. The summed E-state index contributed by atoms with van der Waals surface area (Å²) in [5.41, 5.74) is 1.79. The average molecular weight is 258 g/mol. The summed E-state index contributed by atoms with van der Waals surface area (Å²) < 4.78 is 0. The lowest BCUT2D eigenvalue weighted by molar-refractivity contribution is -0.134. The molecule has 1 aliphatic heterocycles. The van der Waals surface area contributed by atoms with Crippen molar-refractivity contribution in [3.05, 3.63) is 33.7 Å². The molecule has 0 saturated carbocycles. The Kier molecular flexibility index (Phi) is 2.36. The molecule has 0 saturated heterocycles. The second-order valence-corrected chi connectivity index (χ2v) is 5.47. The van der Waals surface area contributed by atoms with Gasteiger partial charge in [-0.15, -0.1) is 4.91 Å². The van der Waals surface area contributed by atoms with Crippen molar-refractivity contribution in [1.82, 2.24) is 4.90 Å². The van der Waals surface area contributed by atoms with Crippen LogP contribution in [0.15, 0.2) is 17.3 Å². The molecule has 1 aliphatic carbocycles. The summed E-state index contributed by atoms with van der Waals surface area (Å²) in [6.07, 6.45) is 2.39. The van der Waals surface area contributed by atoms with Crippen LogP contribution in [0.2, 0.25) is 0 Å². The first-order valence-electron chi connectivity index (χ1n) is 6.32. The molecular formula is C14H14N2O3. The van der Waals surface area contributed by atoms with Crippen LogP contribution >= 0.6 is 0 Å². The Morgan fingerprint density at radius 2 is 2.05 bits per heavy atom. The van der Waals surface area contributed by atoms with Crippen LogP contribution in [0.25, 0.3) is 0 Å². The van der Waals surface area contributed by atoms with E-state index >= 15 is 0 Å². The highest BCUT2D eigenvalue weighted by Gasteiger charge is 2.48. The van der Waals surface area contributed by atoms with Crippen molar-refractivity contribution in [3.63, 3.8) is 0 Å². The molecule has 5 heteroatoms. The van der Waals surface area contributed by atoms with E-state index in [1.807, 2.05) is 6.92 Å². The van der Waals surface area contributed by atoms with Gasteiger partial charge in [-0.05, 0) is 54.6 Å². The number of hydrogen-bond donors (Lipinski definition) is 0. The van der Waals surface area contributed by atoms with Crippen molar-refractivity contribution in [2.24, 2.45) is 5.18 Å². The molecule has 1 aromatic carbocycles. The normalized spacial score (nSPS) is 25.3. The van der Waals surface area contributed by atoms with Crippen molar-refractivity contribution < 1.29 is 9.59 Å². The van der Waals surface area contributed by atoms with Gasteiger partial charge in [-0.2, -0.15) is 0 Å². The highest BCUT2D eigenvalue weighted by molar-refractivity contribution is 6.13. The zero-order valence-corrected chi connectivity index (χ0v) is 10.9. The summed E-state index contributed by atoms with van der Waals surface area (Å²) >= 11 is 0. The molecule has 1 aromatic rings. The minimum atomic E-state index is -0.646. The van der Waals surface area contributed by atoms with Gasteiger partial charge < -0.3 is 0 Å². The molecule has 2 amide bonds. The lowest BCUT2D eigenvalue weighted by Gasteiger charge is -2.42. The van der Waals surface area contributed by atoms with E-state index in [0.29, 0.717) is 5.56 Å². The molecule has 19 heavy (non-hydrogen) atoms. The lowest BCUT2D eigenvalue weighted by atomic mass is 9.66. The van der Waals surface area contributed by atoms with Gasteiger partial charge in [0, 0.05) is 12.6 Å². The average Bonchev–Trinajstić information content (AvgIpc) is 2.42. The highest BCUT2D eigenvalue weighted by Crippen LogP contribution is 2.45. The van der Waals surface area contributed by atoms with Gasteiger partial charge in [-0.3, -0.25) is 14.5 Å². The zero-order chi connectivity index (χ0) is 13.8. The molecule has 0 N–H and O–H groups in total. The maximum atomic E-state index is 12.4. The fraction of sp³-hybridized carbons (Fsp3) is 0.429. The third kappa shape index (κ3) is 1.41. The van der Waals surface area contributed by atoms with E-state index in [-0.39, 0.29) is 17.5 Å². The molecule has 0 aromatic heterocycles. The summed E-state index contributed by atoms with van der Waals surface area (Å²) in [6, 6.07) is 3.20. The van der Waals surface area contributed by atoms with E-state index in [0.717, 1.165) is 35.3 Å². The number of benzene rings is 1. The van der Waals surface area contributed by atoms with E-state index in [1.165, 1.54) is 13.1 Å². The second-order valence-electron chi connectivity index (χ2n) is 5.47. The van der Waals surface area contributed by atoms with Gasteiger partial charge in [0.2, 0.25) is 5.91 Å². The first kappa shape index (κ1) is 12.0. The quantitative estimate of drug-likeness (QED) is 0.573. The van der Waals surface area contributed by atoms with E-state index in [1.54, 1.807) is 6.07 Å².